The van der Waals surface area contributed by atoms with Gasteiger partial charge in [0.15, 0.2) is 5.65 Å². The molecule has 2 N–H and O–H groups in total. The van der Waals surface area contributed by atoms with Gasteiger partial charge in [0, 0.05) is 19.8 Å². The molecule has 96 valence electrons. The summed E-state index contributed by atoms with van der Waals surface area (Å²) >= 11 is 0. The number of rotatable bonds is 3. The third-order valence-electron chi connectivity index (χ3n) is 3.54. The van der Waals surface area contributed by atoms with E-state index < -0.39 is 0 Å². The Labute approximate surface area is 107 Å². The Hall–Kier alpha value is -1.62. The maximum Gasteiger partial charge on any atom is 0.205 e. The predicted octanol–water partition coefficient (Wildman–Crippen LogP) is 1.39. The highest BCUT2D eigenvalue weighted by atomic mass is 15.3. The van der Waals surface area contributed by atoms with E-state index >= 15 is 0 Å². The van der Waals surface area contributed by atoms with Crippen LogP contribution in [0.4, 0.5) is 5.95 Å². The Kier molecular flexibility index (Phi) is 3.15. The number of piperidine rings is 1. The fourth-order valence-corrected chi connectivity index (χ4v) is 2.57. The molecule has 1 aliphatic rings. The van der Waals surface area contributed by atoms with Crippen LogP contribution < -0.4 is 10.2 Å². The minimum Gasteiger partial charge on any atom is -0.345 e. The Morgan fingerprint density at radius 1 is 1.50 bits per heavy atom. The van der Waals surface area contributed by atoms with Gasteiger partial charge in [-0.2, -0.15) is 4.98 Å². The summed E-state index contributed by atoms with van der Waals surface area (Å²) in [5.74, 6) is 1.62. The maximum atomic E-state index is 4.52. The summed E-state index contributed by atoms with van der Waals surface area (Å²) in [5, 5.41) is 3.45. The summed E-state index contributed by atoms with van der Waals surface area (Å²) in [6.07, 6.45) is 4.36. The first-order chi connectivity index (χ1) is 8.83. The third kappa shape index (κ3) is 2.31. The Balaban J connectivity index is 1.72. The average Bonchev–Trinajstić information content (AvgIpc) is 2.84. The molecule has 5 nitrogen and oxygen atoms in total. The molecule has 0 aliphatic carbocycles. The van der Waals surface area contributed by atoms with Gasteiger partial charge in [-0.05, 0) is 44.0 Å². The lowest BCUT2D eigenvalue weighted by Gasteiger charge is -2.27. The van der Waals surface area contributed by atoms with Crippen molar-refractivity contribution in [1.82, 2.24) is 20.3 Å². The van der Waals surface area contributed by atoms with Gasteiger partial charge in [0.2, 0.25) is 5.95 Å². The molecule has 5 heteroatoms. The number of pyridine rings is 1. The van der Waals surface area contributed by atoms with E-state index in [1.165, 1.54) is 12.8 Å². The number of fused-ring (bicyclic) bond motifs is 1. The van der Waals surface area contributed by atoms with E-state index in [-0.39, 0.29) is 0 Å². The molecule has 3 heterocycles. The fraction of sp³-hybridized carbons (Fsp3) is 0.538. The van der Waals surface area contributed by atoms with E-state index in [1.54, 1.807) is 6.20 Å². The molecule has 0 spiro atoms. The van der Waals surface area contributed by atoms with Crippen LogP contribution in [0, 0.1) is 5.92 Å². The molecule has 0 saturated carbocycles. The number of imidazole rings is 1. The summed E-state index contributed by atoms with van der Waals surface area (Å²) in [6.45, 7) is 3.31. The van der Waals surface area contributed by atoms with Crippen LogP contribution in [0.5, 0.6) is 0 Å². The van der Waals surface area contributed by atoms with Crippen LogP contribution in [0.2, 0.25) is 0 Å². The van der Waals surface area contributed by atoms with Gasteiger partial charge >= 0.3 is 0 Å². The molecule has 0 radical (unpaired) electrons. The van der Waals surface area contributed by atoms with Gasteiger partial charge in [-0.25, -0.2) is 4.98 Å². The molecule has 1 saturated heterocycles. The molecular formula is C13H19N5. The van der Waals surface area contributed by atoms with Gasteiger partial charge in [-0.1, -0.05) is 0 Å². The van der Waals surface area contributed by atoms with Crippen LogP contribution in [0.1, 0.15) is 12.8 Å². The molecule has 18 heavy (non-hydrogen) atoms. The van der Waals surface area contributed by atoms with E-state index in [9.17, 15) is 0 Å². The van der Waals surface area contributed by atoms with Crippen molar-refractivity contribution in [3.8, 4) is 0 Å². The minimum absolute atomic E-state index is 0.713. The molecule has 0 aromatic carbocycles. The van der Waals surface area contributed by atoms with E-state index in [2.05, 4.69) is 32.2 Å². The molecule has 2 aromatic rings. The molecule has 1 atom stereocenters. The first-order valence-electron chi connectivity index (χ1n) is 6.55. The number of nitrogens with zero attached hydrogens (tertiary/aromatic N) is 3. The van der Waals surface area contributed by atoms with Crippen LogP contribution in [-0.4, -0.2) is 41.6 Å². The molecule has 1 aliphatic heterocycles. The Bertz CT molecular complexity index is 482. The summed E-state index contributed by atoms with van der Waals surface area (Å²) in [7, 11) is 2.09. The second-order valence-corrected chi connectivity index (χ2v) is 5.03. The SMILES string of the molecule is CN(CC1CCCNC1)c1nc2ncccc2[nH]1. The van der Waals surface area contributed by atoms with Crippen molar-refractivity contribution in [1.29, 1.82) is 0 Å². The van der Waals surface area contributed by atoms with Crippen molar-refractivity contribution < 1.29 is 0 Å². The van der Waals surface area contributed by atoms with Gasteiger partial charge in [0.05, 0.1) is 5.52 Å². The zero-order valence-corrected chi connectivity index (χ0v) is 10.7. The molecule has 0 bridgehead atoms. The quantitative estimate of drug-likeness (QED) is 0.858. The van der Waals surface area contributed by atoms with Crippen LogP contribution >= 0.6 is 0 Å². The summed E-state index contributed by atoms with van der Waals surface area (Å²) in [5.41, 5.74) is 1.79. The van der Waals surface area contributed by atoms with Gasteiger partial charge in [0.25, 0.3) is 0 Å². The van der Waals surface area contributed by atoms with Crippen molar-refractivity contribution in [3.05, 3.63) is 18.3 Å². The molecule has 1 unspecified atom stereocenters. The van der Waals surface area contributed by atoms with E-state index in [0.717, 1.165) is 36.7 Å². The standard InChI is InChI=1S/C13H19N5/c1-18(9-10-4-2-6-14-8-10)13-16-11-5-3-7-15-12(11)17-13/h3,5,7,10,14H,2,4,6,8-9H2,1H3,(H,15,16,17). The Morgan fingerprint density at radius 3 is 3.22 bits per heavy atom. The lowest BCUT2D eigenvalue weighted by Crippen LogP contribution is -2.37. The lowest BCUT2D eigenvalue weighted by atomic mass is 9.99. The normalized spacial score (nSPS) is 20.2. The number of nitrogens with one attached hydrogen (secondary N) is 2. The monoisotopic (exact) mass is 245 g/mol. The first kappa shape index (κ1) is 11.5. The maximum absolute atomic E-state index is 4.52. The topological polar surface area (TPSA) is 56.8 Å². The Morgan fingerprint density at radius 2 is 2.44 bits per heavy atom. The zero-order valence-electron chi connectivity index (χ0n) is 10.7. The lowest BCUT2D eigenvalue weighted by molar-refractivity contribution is 0.380. The van der Waals surface area contributed by atoms with Gasteiger partial charge in [-0.3, -0.25) is 0 Å². The molecule has 2 aromatic heterocycles. The number of H-pyrrole nitrogens is 1. The fourth-order valence-electron chi connectivity index (χ4n) is 2.57. The molecular weight excluding hydrogens is 226 g/mol. The smallest absolute Gasteiger partial charge is 0.205 e. The van der Waals surface area contributed by atoms with E-state index in [1.807, 2.05) is 12.1 Å². The van der Waals surface area contributed by atoms with E-state index in [0.29, 0.717) is 5.92 Å². The minimum atomic E-state index is 0.713. The molecule has 3 rings (SSSR count). The van der Waals surface area contributed by atoms with Crippen molar-refractivity contribution >= 4 is 17.1 Å². The number of anilines is 1. The molecule has 1 fully saturated rings. The highest BCUT2D eigenvalue weighted by Crippen LogP contribution is 2.17. The summed E-state index contributed by atoms with van der Waals surface area (Å²) < 4.78 is 0. The van der Waals surface area contributed by atoms with Crippen LogP contribution in [0.15, 0.2) is 18.3 Å². The summed E-state index contributed by atoms with van der Waals surface area (Å²) in [6, 6.07) is 3.93. The second-order valence-electron chi connectivity index (χ2n) is 5.03. The van der Waals surface area contributed by atoms with Crippen LogP contribution in [0.3, 0.4) is 0 Å². The predicted molar refractivity (Wildman–Crippen MR) is 72.8 cm³/mol. The van der Waals surface area contributed by atoms with Gasteiger partial charge in [-0.15, -0.1) is 0 Å². The first-order valence-corrected chi connectivity index (χ1v) is 6.55. The number of hydrogen-bond donors (Lipinski definition) is 2. The summed E-state index contributed by atoms with van der Waals surface area (Å²) in [4.78, 5) is 14.3. The second kappa shape index (κ2) is 4.94. The van der Waals surface area contributed by atoms with Crippen molar-refractivity contribution in [2.45, 2.75) is 12.8 Å². The van der Waals surface area contributed by atoms with E-state index in [4.69, 9.17) is 0 Å². The number of aromatic nitrogens is 3. The third-order valence-corrected chi connectivity index (χ3v) is 3.54. The number of aromatic amines is 1. The largest absolute Gasteiger partial charge is 0.345 e. The van der Waals surface area contributed by atoms with Gasteiger partial charge < -0.3 is 15.2 Å². The van der Waals surface area contributed by atoms with Crippen molar-refractivity contribution in [3.63, 3.8) is 0 Å². The van der Waals surface area contributed by atoms with Crippen LogP contribution in [-0.2, 0) is 0 Å². The van der Waals surface area contributed by atoms with Gasteiger partial charge in [0.1, 0.15) is 0 Å². The highest BCUT2D eigenvalue weighted by Gasteiger charge is 2.16. The number of hydrogen-bond acceptors (Lipinski definition) is 4. The molecule has 0 amide bonds. The average molecular weight is 245 g/mol. The zero-order chi connectivity index (χ0) is 12.4. The van der Waals surface area contributed by atoms with Crippen molar-refractivity contribution in [2.24, 2.45) is 5.92 Å². The highest BCUT2D eigenvalue weighted by molar-refractivity contribution is 5.72. The van der Waals surface area contributed by atoms with Crippen molar-refractivity contribution in [2.75, 3.05) is 31.6 Å². The van der Waals surface area contributed by atoms with Crippen LogP contribution in [0.25, 0.3) is 11.2 Å².